The van der Waals surface area contributed by atoms with Crippen molar-refractivity contribution in [3.05, 3.63) is 95.1 Å². The highest BCUT2D eigenvalue weighted by Crippen LogP contribution is 2.32. The maximum atomic E-state index is 9.14. The first-order chi connectivity index (χ1) is 14.2. The van der Waals surface area contributed by atoms with E-state index >= 15 is 0 Å². The molecule has 0 bridgehead atoms. The van der Waals surface area contributed by atoms with E-state index < -0.39 is 0 Å². The second kappa shape index (κ2) is 8.34. The molecule has 0 unspecified atom stereocenters. The number of thioether (sulfide) groups is 1. The van der Waals surface area contributed by atoms with Gasteiger partial charge in [0, 0.05) is 11.3 Å². The van der Waals surface area contributed by atoms with Gasteiger partial charge in [-0.05, 0) is 48.7 Å². The molecule has 0 spiro atoms. The third-order valence-corrected chi connectivity index (χ3v) is 5.80. The Morgan fingerprint density at radius 1 is 0.897 bits per heavy atom. The molecule has 0 aliphatic heterocycles. The number of nitrogens with zero attached hydrogens (tertiary/aromatic N) is 4. The van der Waals surface area contributed by atoms with Crippen molar-refractivity contribution in [2.24, 2.45) is 0 Å². The summed E-state index contributed by atoms with van der Waals surface area (Å²) in [5, 5.41) is 19.0. The van der Waals surface area contributed by atoms with E-state index in [9.17, 15) is 0 Å². The molecule has 3 aromatic carbocycles. The van der Waals surface area contributed by atoms with Gasteiger partial charge in [-0.3, -0.25) is 4.57 Å². The van der Waals surface area contributed by atoms with Crippen LogP contribution in [0.2, 0.25) is 0 Å². The molecular formula is C24H20N4S. The zero-order valence-corrected chi connectivity index (χ0v) is 17.1. The molecule has 0 aliphatic carbocycles. The van der Waals surface area contributed by atoms with Gasteiger partial charge in [0.25, 0.3) is 0 Å². The summed E-state index contributed by atoms with van der Waals surface area (Å²) in [6.07, 6.45) is 0. The molecular weight excluding hydrogens is 376 g/mol. The standard InChI is InChI=1S/C24H20N4S/c1-17-8-3-5-12-21(17)23-26-27-24(28(23)22-13-6-4-9-18(22)2)29-16-20-11-7-10-19(14-20)15-25/h3-14H,16H2,1-2H3. The maximum absolute atomic E-state index is 9.14. The zero-order valence-electron chi connectivity index (χ0n) is 16.3. The SMILES string of the molecule is Cc1ccccc1-c1nnc(SCc2cccc(C#N)c2)n1-c1ccccc1C. The van der Waals surface area contributed by atoms with E-state index in [1.165, 1.54) is 0 Å². The first-order valence-corrected chi connectivity index (χ1v) is 10.3. The largest absolute Gasteiger partial charge is 0.270 e. The van der Waals surface area contributed by atoms with E-state index in [0.717, 1.165) is 38.9 Å². The lowest BCUT2D eigenvalue weighted by Gasteiger charge is -2.14. The molecule has 0 saturated heterocycles. The van der Waals surface area contributed by atoms with E-state index in [-0.39, 0.29) is 0 Å². The van der Waals surface area contributed by atoms with Gasteiger partial charge in [0.15, 0.2) is 11.0 Å². The molecule has 0 atom stereocenters. The lowest BCUT2D eigenvalue weighted by Crippen LogP contribution is -2.02. The van der Waals surface area contributed by atoms with Gasteiger partial charge in [0.1, 0.15) is 0 Å². The second-order valence-corrected chi connectivity index (χ2v) is 7.79. The van der Waals surface area contributed by atoms with Crippen LogP contribution in [0.4, 0.5) is 0 Å². The monoisotopic (exact) mass is 396 g/mol. The number of aromatic nitrogens is 3. The molecule has 0 aliphatic rings. The van der Waals surface area contributed by atoms with Crippen molar-refractivity contribution in [2.45, 2.75) is 24.8 Å². The summed E-state index contributed by atoms with van der Waals surface area (Å²) in [7, 11) is 0. The molecule has 4 aromatic rings. The zero-order chi connectivity index (χ0) is 20.2. The molecule has 1 aromatic heterocycles. The first kappa shape index (κ1) is 19.0. The van der Waals surface area contributed by atoms with Crippen molar-refractivity contribution >= 4 is 11.8 Å². The van der Waals surface area contributed by atoms with Gasteiger partial charge < -0.3 is 0 Å². The molecule has 4 nitrogen and oxygen atoms in total. The Morgan fingerprint density at radius 3 is 2.41 bits per heavy atom. The highest BCUT2D eigenvalue weighted by Gasteiger charge is 2.18. The van der Waals surface area contributed by atoms with Gasteiger partial charge >= 0.3 is 0 Å². The number of aryl methyl sites for hydroxylation is 2. The quantitative estimate of drug-likeness (QED) is 0.405. The Labute approximate surface area is 174 Å². The minimum atomic E-state index is 0.670. The van der Waals surface area contributed by atoms with Crippen LogP contribution in [0.5, 0.6) is 0 Å². The average molecular weight is 397 g/mol. The summed E-state index contributed by atoms with van der Waals surface area (Å²) in [6.45, 7) is 4.19. The number of nitriles is 1. The van der Waals surface area contributed by atoms with Gasteiger partial charge in [-0.2, -0.15) is 5.26 Å². The van der Waals surface area contributed by atoms with Gasteiger partial charge in [0.05, 0.1) is 17.3 Å². The van der Waals surface area contributed by atoms with Crippen LogP contribution in [0.3, 0.4) is 0 Å². The smallest absolute Gasteiger partial charge is 0.196 e. The minimum Gasteiger partial charge on any atom is -0.270 e. The predicted molar refractivity (Wildman–Crippen MR) is 117 cm³/mol. The third kappa shape index (κ3) is 3.94. The van der Waals surface area contributed by atoms with Crippen molar-refractivity contribution in [3.63, 3.8) is 0 Å². The molecule has 4 rings (SSSR count). The molecule has 1 heterocycles. The first-order valence-electron chi connectivity index (χ1n) is 9.36. The van der Waals surface area contributed by atoms with E-state index in [1.54, 1.807) is 11.8 Å². The third-order valence-electron chi connectivity index (χ3n) is 4.80. The highest BCUT2D eigenvalue weighted by molar-refractivity contribution is 7.98. The highest BCUT2D eigenvalue weighted by atomic mass is 32.2. The summed E-state index contributed by atoms with van der Waals surface area (Å²) in [5.41, 5.74) is 6.23. The van der Waals surface area contributed by atoms with Crippen LogP contribution in [0.15, 0.2) is 78.0 Å². The second-order valence-electron chi connectivity index (χ2n) is 6.84. The number of rotatable bonds is 5. The molecule has 29 heavy (non-hydrogen) atoms. The molecule has 0 radical (unpaired) electrons. The normalized spacial score (nSPS) is 10.7. The van der Waals surface area contributed by atoms with E-state index in [2.05, 4.69) is 58.9 Å². The lowest BCUT2D eigenvalue weighted by molar-refractivity contribution is 0.880. The fraction of sp³-hybridized carbons (Fsp3) is 0.125. The fourth-order valence-electron chi connectivity index (χ4n) is 3.27. The number of hydrogen-bond acceptors (Lipinski definition) is 4. The van der Waals surface area contributed by atoms with Crippen LogP contribution in [0.1, 0.15) is 22.3 Å². The minimum absolute atomic E-state index is 0.670. The summed E-state index contributed by atoms with van der Waals surface area (Å²) in [4.78, 5) is 0. The number of hydrogen-bond donors (Lipinski definition) is 0. The summed E-state index contributed by atoms with van der Waals surface area (Å²) in [5.74, 6) is 1.55. The lowest BCUT2D eigenvalue weighted by atomic mass is 10.1. The van der Waals surface area contributed by atoms with E-state index in [1.807, 2.05) is 48.5 Å². The Kier molecular flexibility index (Phi) is 5.46. The summed E-state index contributed by atoms with van der Waals surface area (Å²) < 4.78 is 2.14. The van der Waals surface area contributed by atoms with Gasteiger partial charge in [-0.1, -0.05) is 66.4 Å². The predicted octanol–water partition coefficient (Wildman–Crippen LogP) is 5.72. The van der Waals surface area contributed by atoms with Crippen molar-refractivity contribution < 1.29 is 0 Å². The topological polar surface area (TPSA) is 54.5 Å². The van der Waals surface area contributed by atoms with E-state index in [4.69, 9.17) is 5.26 Å². The Balaban J connectivity index is 1.77. The van der Waals surface area contributed by atoms with Crippen molar-refractivity contribution in [2.75, 3.05) is 0 Å². The van der Waals surface area contributed by atoms with Crippen LogP contribution >= 0.6 is 11.8 Å². The summed E-state index contributed by atoms with van der Waals surface area (Å²) in [6, 6.07) is 26.4. The fourth-order valence-corrected chi connectivity index (χ4v) is 4.16. The van der Waals surface area contributed by atoms with Crippen LogP contribution in [-0.4, -0.2) is 14.8 Å². The average Bonchev–Trinajstić information content (AvgIpc) is 3.16. The summed E-state index contributed by atoms with van der Waals surface area (Å²) >= 11 is 1.62. The van der Waals surface area contributed by atoms with Crippen molar-refractivity contribution in [3.8, 4) is 23.1 Å². The molecule has 0 saturated carbocycles. The Hall–Kier alpha value is -3.36. The number of benzene rings is 3. The van der Waals surface area contributed by atoms with Crippen LogP contribution < -0.4 is 0 Å². The van der Waals surface area contributed by atoms with Crippen molar-refractivity contribution in [1.82, 2.24) is 14.8 Å². The maximum Gasteiger partial charge on any atom is 0.196 e. The van der Waals surface area contributed by atoms with Crippen LogP contribution in [0.25, 0.3) is 17.1 Å². The molecule has 5 heteroatoms. The Morgan fingerprint density at radius 2 is 1.66 bits per heavy atom. The van der Waals surface area contributed by atoms with E-state index in [0.29, 0.717) is 11.3 Å². The van der Waals surface area contributed by atoms with Crippen molar-refractivity contribution in [1.29, 1.82) is 5.26 Å². The van der Waals surface area contributed by atoms with Crippen LogP contribution in [0, 0.1) is 25.2 Å². The van der Waals surface area contributed by atoms with Crippen LogP contribution in [-0.2, 0) is 5.75 Å². The molecule has 0 amide bonds. The molecule has 0 fully saturated rings. The van der Waals surface area contributed by atoms with Gasteiger partial charge in [-0.25, -0.2) is 0 Å². The van der Waals surface area contributed by atoms with Gasteiger partial charge in [-0.15, -0.1) is 10.2 Å². The molecule has 0 N–H and O–H groups in total. The van der Waals surface area contributed by atoms with Gasteiger partial charge in [0.2, 0.25) is 0 Å². The molecule has 142 valence electrons. The number of para-hydroxylation sites is 1. The Bertz CT molecular complexity index is 1200.